The van der Waals surface area contributed by atoms with Crippen LogP contribution in [0.5, 0.6) is 5.75 Å². The smallest absolute Gasteiger partial charge is 0.307 e. The Kier molecular flexibility index (Phi) is 5.17. The lowest BCUT2D eigenvalue weighted by Crippen LogP contribution is -2.23. The molecule has 0 radical (unpaired) electrons. The number of carbonyl (C=O) groups excluding carboxylic acids is 1. The van der Waals surface area contributed by atoms with Gasteiger partial charge in [0.25, 0.3) is 0 Å². The number of amides is 1. The molecule has 0 aromatic heterocycles. The van der Waals surface area contributed by atoms with Gasteiger partial charge < -0.3 is 14.7 Å². The van der Waals surface area contributed by atoms with E-state index in [2.05, 4.69) is 0 Å². The number of carboxylic acids is 1. The maximum Gasteiger partial charge on any atom is 0.307 e. The van der Waals surface area contributed by atoms with Gasteiger partial charge in [-0.2, -0.15) is 0 Å². The van der Waals surface area contributed by atoms with Crippen molar-refractivity contribution in [1.29, 1.82) is 0 Å². The van der Waals surface area contributed by atoms with Crippen LogP contribution in [0.3, 0.4) is 0 Å². The van der Waals surface area contributed by atoms with Crippen LogP contribution < -0.4 is 4.74 Å². The second-order valence-electron chi connectivity index (χ2n) is 4.10. The molecule has 1 N–H and O–H groups in total. The van der Waals surface area contributed by atoms with Crippen LogP contribution >= 0.6 is 0 Å². The first kappa shape index (κ1) is 14.0. The summed E-state index contributed by atoms with van der Waals surface area (Å²) in [6.07, 6.45) is 0.323. The summed E-state index contributed by atoms with van der Waals surface area (Å²) in [6, 6.07) is 6.82. The van der Waals surface area contributed by atoms with Crippen LogP contribution in [-0.2, 0) is 16.0 Å². The number of nitrogens with zero attached hydrogens (tertiary/aromatic N) is 1. The Labute approximate surface area is 106 Å². The molecule has 1 amide bonds. The Morgan fingerprint density at radius 1 is 1.22 bits per heavy atom. The van der Waals surface area contributed by atoms with Crippen LogP contribution in [0.4, 0.5) is 0 Å². The van der Waals surface area contributed by atoms with E-state index in [1.807, 2.05) is 0 Å². The van der Waals surface area contributed by atoms with Crippen LogP contribution in [0.25, 0.3) is 0 Å². The molecule has 5 nitrogen and oxygen atoms in total. The zero-order valence-corrected chi connectivity index (χ0v) is 10.5. The molecule has 0 bridgehead atoms. The molecule has 0 fully saturated rings. The Balaban J connectivity index is 2.39. The van der Waals surface area contributed by atoms with Crippen molar-refractivity contribution in [3.05, 3.63) is 29.8 Å². The molecule has 0 atom stereocenters. The fourth-order valence-corrected chi connectivity index (χ4v) is 1.36. The SMILES string of the molecule is CN(C)C(=O)CCOc1ccc(CC(=O)O)cc1. The van der Waals surface area contributed by atoms with E-state index in [9.17, 15) is 9.59 Å². The first-order valence-electron chi connectivity index (χ1n) is 5.62. The molecule has 0 heterocycles. The molecule has 1 rings (SSSR count). The highest BCUT2D eigenvalue weighted by atomic mass is 16.5. The monoisotopic (exact) mass is 251 g/mol. The molecule has 0 aliphatic carbocycles. The van der Waals surface area contributed by atoms with E-state index in [1.54, 1.807) is 38.4 Å². The van der Waals surface area contributed by atoms with Crippen LogP contribution in [0.2, 0.25) is 0 Å². The van der Waals surface area contributed by atoms with E-state index in [-0.39, 0.29) is 12.3 Å². The number of carboxylic acid groups (broad SMARTS) is 1. The number of hydrogen-bond donors (Lipinski definition) is 1. The highest BCUT2D eigenvalue weighted by molar-refractivity contribution is 5.75. The van der Waals surface area contributed by atoms with Gasteiger partial charge in [-0.1, -0.05) is 12.1 Å². The van der Waals surface area contributed by atoms with E-state index < -0.39 is 5.97 Å². The van der Waals surface area contributed by atoms with Crippen molar-refractivity contribution in [2.75, 3.05) is 20.7 Å². The number of benzene rings is 1. The molecule has 0 aliphatic rings. The lowest BCUT2D eigenvalue weighted by atomic mass is 10.1. The van der Waals surface area contributed by atoms with Gasteiger partial charge in [0.15, 0.2) is 0 Å². The molecule has 1 aromatic rings. The first-order valence-corrected chi connectivity index (χ1v) is 5.62. The van der Waals surface area contributed by atoms with E-state index in [4.69, 9.17) is 9.84 Å². The molecule has 0 spiro atoms. The Bertz CT molecular complexity index is 412. The summed E-state index contributed by atoms with van der Waals surface area (Å²) < 4.78 is 5.39. The van der Waals surface area contributed by atoms with Crippen molar-refractivity contribution in [2.24, 2.45) is 0 Å². The number of aliphatic carboxylic acids is 1. The maximum atomic E-state index is 11.3. The predicted octanol–water partition coefficient (Wildman–Crippen LogP) is 1.17. The molecule has 0 unspecified atom stereocenters. The van der Waals surface area contributed by atoms with Gasteiger partial charge >= 0.3 is 5.97 Å². The summed E-state index contributed by atoms with van der Waals surface area (Å²) in [5, 5.41) is 8.62. The van der Waals surface area contributed by atoms with Gasteiger partial charge in [-0.25, -0.2) is 0 Å². The average Bonchev–Trinajstić information content (AvgIpc) is 2.30. The van der Waals surface area contributed by atoms with Crippen LogP contribution in [0.15, 0.2) is 24.3 Å². The van der Waals surface area contributed by atoms with Crippen LogP contribution in [0.1, 0.15) is 12.0 Å². The van der Waals surface area contributed by atoms with Crippen molar-refractivity contribution in [3.63, 3.8) is 0 Å². The Morgan fingerprint density at radius 2 is 1.83 bits per heavy atom. The first-order chi connectivity index (χ1) is 8.49. The van der Waals surface area contributed by atoms with E-state index in [0.717, 1.165) is 5.56 Å². The second kappa shape index (κ2) is 6.64. The van der Waals surface area contributed by atoms with E-state index in [1.165, 1.54) is 4.90 Å². The summed E-state index contributed by atoms with van der Waals surface area (Å²) in [7, 11) is 3.39. The summed E-state index contributed by atoms with van der Waals surface area (Å²) in [5.41, 5.74) is 0.721. The third-order valence-corrected chi connectivity index (χ3v) is 2.36. The van der Waals surface area contributed by atoms with Crippen molar-refractivity contribution in [3.8, 4) is 5.75 Å². The molecule has 1 aromatic carbocycles. The van der Waals surface area contributed by atoms with Crippen molar-refractivity contribution in [2.45, 2.75) is 12.8 Å². The topological polar surface area (TPSA) is 66.8 Å². The summed E-state index contributed by atoms with van der Waals surface area (Å²) in [6.45, 7) is 0.315. The normalized spacial score (nSPS) is 9.89. The summed E-state index contributed by atoms with van der Waals surface area (Å²) >= 11 is 0. The quantitative estimate of drug-likeness (QED) is 0.824. The number of carbonyl (C=O) groups is 2. The third kappa shape index (κ3) is 4.86. The fourth-order valence-electron chi connectivity index (χ4n) is 1.36. The standard InChI is InChI=1S/C13H17NO4/c1-14(2)12(15)7-8-18-11-5-3-10(4-6-11)9-13(16)17/h3-6H,7-9H2,1-2H3,(H,16,17). The molecular formula is C13H17NO4. The van der Waals surface area contributed by atoms with Gasteiger partial charge in [-0.3, -0.25) is 9.59 Å². The summed E-state index contributed by atoms with van der Waals surface area (Å²) in [5.74, 6) is -0.214. The lowest BCUT2D eigenvalue weighted by Gasteiger charge is -2.11. The molecule has 0 saturated carbocycles. The minimum atomic E-state index is -0.861. The molecular weight excluding hydrogens is 234 g/mol. The van der Waals surface area contributed by atoms with Crippen LogP contribution in [0, 0.1) is 0 Å². The van der Waals surface area contributed by atoms with E-state index >= 15 is 0 Å². The highest BCUT2D eigenvalue weighted by Crippen LogP contribution is 2.12. The van der Waals surface area contributed by atoms with Crippen molar-refractivity contribution in [1.82, 2.24) is 4.90 Å². The summed E-state index contributed by atoms with van der Waals surface area (Å²) in [4.78, 5) is 23.3. The number of ether oxygens (including phenoxy) is 1. The zero-order chi connectivity index (χ0) is 13.5. The van der Waals surface area contributed by atoms with Gasteiger partial charge in [0.1, 0.15) is 5.75 Å². The highest BCUT2D eigenvalue weighted by Gasteiger charge is 2.04. The fraction of sp³-hybridized carbons (Fsp3) is 0.385. The maximum absolute atomic E-state index is 11.3. The molecule has 5 heteroatoms. The zero-order valence-electron chi connectivity index (χ0n) is 10.5. The van der Waals surface area contributed by atoms with Gasteiger partial charge in [-0.05, 0) is 17.7 Å². The second-order valence-corrected chi connectivity index (χ2v) is 4.10. The largest absolute Gasteiger partial charge is 0.493 e. The Morgan fingerprint density at radius 3 is 2.33 bits per heavy atom. The van der Waals surface area contributed by atoms with Gasteiger partial charge in [0.05, 0.1) is 19.4 Å². The van der Waals surface area contributed by atoms with Crippen LogP contribution in [-0.4, -0.2) is 42.6 Å². The molecule has 0 aliphatic heterocycles. The molecule has 98 valence electrons. The van der Waals surface area contributed by atoms with Crippen molar-refractivity contribution >= 4 is 11.9 Å². The minimum Gasteiger partial charge on any atom is -0.493 e. The third-order valence-electron chi connectivity index (χ3n) is 2.36. The Hall–Kier alpha value is -2.04. The molecule has 0 saturated heterocycles. The molecule has 18 heavy (non-hydrogen) atoms. The van der Waals surface area contributed by atoms with Gasteiger partial charge in [0.2, 0.25) is 5.91 Å². The average molecular weight is 251 g/mol. The van der Waals surface area contributed by atoms with Crippen molar-refractivity contribution < 1.29 is 19.4 Å². The number of rotatable bonds is 6. The number of hydrogen-bond acceptors (Lipinski definition) is 3. The van der Waals surface area contributed by atoms with Gasteiger partial charge in [0, 0.05) is 14.1 Å². The lowest BCUT2D eigenvalue weighted by molar-refractivity contribution is -0.136. The predicted molar refractivity (Wildman–Crippen MR) is 66.6 cm³/mol. The van der Waals surface area contributed by atoms with E-state index in [0.29, 0.717) is 18.8 Å². The van der Waals surface area contributed by atoms with Gasteiger partial charge in [-0.15, -0.1) is 0 Å². The minimum absolute atomic E-state index is 0.000600.